The fourth-order valence-electron chi connectivity index (χ4n) is 1.85. The van der Waals surface area contributed by atoms with Crippen LogP contribution in [0.3, 0.4) is 0 Å². The van der Waals surface area contributed by atoms with Crippen LogP contribution >= 0.6 is 0 Å². The molecular weight excluding hydrogens is 224 g/mol. The number of carbonyl (C=O) groups excluding carboxylic acids is 1. The van der Waals surface area contributed by atoms with E-state index in [0.717, 1.165) is 0 Å². The van der Waals surface area contributed by atoms with Crippen molar-refractivity contribution in [2.45, 2.75) is 26.3 Å². The Morgan fingerprint density at radius 2 is 1.94 bits per heavy atom. The molecule has 1 aliphatic heterocycles. The third-order valence-corrected chi connectivity index (χ3v) is 2.63. The largest absolute Gasteiger partial charge is 0.465 e. The van der Waals surface area contributed by atoms with E-state index in [9.17, 15) is 9.59 Å². The lowest BCUT2D eigenvalue weighted by Crippen LogP contribution is -2.51. The zero-order valence-corrected chi connectivity index (χ0v) is 10.3. The molecule has 0 aromatic heterocycles. The molecule has 6 heteroatoms. The van der Waals surface area contributed by atoms with E-state index in [0.29, 0.717) is 32.7 Å². The van der Waals surface area contributed by atoms with Crippen molar-refractivity contribution in [2.24, 2.45) is 5.92 Å². The molecule has 6 nitrogen and oxygen atoms in total. The van der Waals surface area contributed by atoms with Crippen LogP contribution in [0.25, 0.3) is 0 Å². The maximum atomic E-state index is 12.1. The third-order valence-electron chi connectivity index (χ3n) is 2.63. The lowest BCUT2D eigenvalue weighted by molar-refractivity contribution is -0.137. The van der Waals surface area contributed by atoms with Gasteiger partial charge in [0.25, 0.3) is 0 Å². The van der Waals surface area contributed by atoms with E-state index in [1.807, 2.05) is 13.8 Å². The van der Waals surface area contributed by atoms with E-state index in [-0.39, 0.29) is 11.8 Å². The molecule has 1 fully saturated rings. The first-order valence-electron chi connectivity index (χ1n) is 5.86. The van der Waals surface area contributed by atoms with E-state index in [1.165, 1.54) is 0 Å². The van der Waals surface area contributed by atoms with Crippen molar-refractivity contribution in [3.8, 4) is 0 Å². The number of ether oxygens (including phenoxy) is 1. The number of amides is 2. The van der Waals surface area contributed by atoms with E-state index in [2.05, 4.69) is 5.32 Å². The lowest BCUT2D eigenvalue weighted by atomic mass is 10.0. The lowest BCUT2D eigenvalue weighted by Gasteiger charge is -2.30. The van der Waals surface area contributed by atoms with Gasteiger partial charge in [0.15, 0.2) is 0 Å². The smallest absolute Gasteiger partial charge is 0.405 e. The summed E-state index contributed by atoms with van der Waals surface area (Å²) in [6.45, 7) is 6.04. The highest BCUT2D eigenvalue weighted by atomic mass is 16.5. The number of hydrogen-bond donors (Lipinski definition) is 2. The minimum absolute atomic E-state index is 0.149. The van der Waals surface area contributed by atoms with Gasteiger partial charge in [-0.1, -0.05) is 13.8 Å². The Morgan fingerprint density at radius 1 is 1.35 bits per heavy atom. The van der Waals surface area contributed by atoms with E-state index >= 15 is 0 Å². The van der Waals surface area contributed by atoms with Gasteiger partial charge in [0.2, 0.25) is 5.91 Å². The second-order valence-electron chi connectivity index (χ2n) is 4.57. The molecule has 2 amide bonds. The molecule has 1 saturated heterocycles. The summed E-state index contributed by atoms with van der Waals surface area (Å²) in [7, 11) is 0. The molecule has 1 atom stereocenters. The molecule has 0 radical (unpaired) electrons. The molecule has 0 aromatic rings. The molecule has 0 aliphatic carbocycles. The Labute approximate surface area is 101 Å². The van der Waals surface area contributed by atoms with Crippen LogP contribution in [0.1, 0.15) is 20.3 Å². The number of hydrogen-bond acceptors (Lipinski definition) is 3. The highest BCUT2D eigenvalue weighted by Crippen LogP contribution is 2.09. The number of carbonyl (C=O) groups is 2. The van der Waals surface area contributed by atoms with Gasteiger partial charge < -0.3 is 20.1 Å². The van der Waals surface area contributed by atoms with Gasteiger partial charge in [-0.15, -0.1) is 0 Å². The van der Waals surface area contributed by atoms with Crippen LogP contribution in [-0.2, 0) is 9.53 Å². The van der Waals surface area contributed by atoms with Crippen molar-refractivity contribution in [1.29, 1.82) is 0 Å². The number of rotatable bonds is 4. The molecule has 0 spiro atoms. The van der Waals surface area contributed by atoms with E-state index in [4.69, 9.17) is 9.84 Å². The van der Waals surface area contributed by atoms with Crippen molar-refractivity contribution in [1.82, 2.24) is 10.2 Å². The number of carboxylic acid groups (broad SMARTS) is 1. The van der Waals surface area contributed by atoms with Crippen LogP contribution < -0.4 is 5.32 Å². The molecule has 0 saturated carbocycles. The van der Waals surface area contributed by atoms with Gasteiger partial charge in [0, 0.05) is 13.1 Å². The molecule has 98 valence electrons. The summed E-state index contributed by atoms with van der Waals surface area (Å²) in [5.41, 5.74) is 0. The topological polar surface area (TPSA) is 78.9 Å². The molecular formula is C11H20N2O4. The van der Waals surface area contributed by atoms with Crippen molar-refractivity contribution < 1.29 is 19.4 Å². The average Bonchev–Trinajstić information content (AvgIpc) is 2.27. The highest BCUT2D eigenvalue weighted by Gasteiger charge is 2.27. The zero-order valence-electron chi connectivity index (χ0n) is 10.3. The summed E-state index contributed by atoms with van der Waals surface area (Å²) in [5.74, 6) is 0.112. The predicted molar refractivity (Wildman–Crippen MR) is 61.8 cm³/mol. The zero-order chi connectivity index (χ0) is 12.8. The Bertz CT molecular complexity index is 275. The SMILES string of the molecule is CC(C)C[C@H](NC(=O)O)C(=O)N1CCOCC1. The Kier molecular flexibility index (Phi) is 5.21. The van der Waals surface area contributed by atoms with Gasteiger partial charge in [-0.3, -0.25) is 4.79 Å². The summed E-state index contributed by atoms with van der Waals surface area (Å²) in [6, 6.07) is -0.648. The van der Waals surface area contributed by atoms with Gasteiger partial charge in [0.1, 0.15) is 6.04 Å². The summed E-state index contributed by atoms with van der Waals surface area (Å²) in [5, 5.41) is 11.0. The van der Waals surface area contributed by atoms with Crippen LogP contribution in [0.4, 0.5) is 4.79 Å². The fourth-order valence-corrected chi connectivity index (χ4v) is 1.85. The van der Waals surface area contributed by atoms with Crippen molar-refractivity contribution in [2.75, 3.05) is 26.3 Å². The van der Waals surface area contributed by atoms with E-state index < -0.39 is 12.1 Å². The second-order valence-corrected chi connectivity index (χ2v) is 4.57. The maximum Gasteiger partial charge on any atom is 0.405 e. The van der Waals surface area contributed by atoms with E-state index in [1.54, 1.807) is 4.90 Å². The molecule has 2 N–H and O–H groups in total. The van der Waals surface area contributed by atoms with Crippen LogP contribution in [0.5, 0.6) is 0 Å². The summed E-state index contributed by atoms with van der Waals surface area (Å²) >= 11 is 0. The highest BCUT2D eigenvalue weighted by molar-refractivity contribution is 5.85. The van der Waals surface area contributed by atoms with Gasteiger partial charge >= 0.3 is 6.09 Å². The first-order chi connectivity index (χ1) is 8.00. The van der Waals surface area contributed by atoms with Crippen molar-refractivity contribution in [3.63, 3.8) is 0 Å². The first-order valence-corrected chi connectivity index (χ1v) is 5.86. The number of morpholine rings is 1. The van der Waals surface area contributed by atoms with Gasteiger partial charge in [-0.05, 0) is 12.3 Å². The normalized spacial score (nSPS) is 17.9. The Morgan fingerprint density at radius 3 is 2.41 bits per heavy atom. The van der Waals surface area contributed by atoms with Crippen LogP contribution in [0.2, 0.25) is 0 Å². The Hall–Kier alpha value is -1.30. The molecule has 0 aromatic carbocycles. The third kappa shape index (κ3) is 4.60. The minimum Gasteiger partial charge on any atom is -0.465 e. The maximum absolute atomic E-state index is 12.1. The molecule has 1 rings (SSSR count). The number of nitrogens with zero attached hydrogens (tertiary/aromatic N) is 1. The monoisotopic (exact) mass is 244 g/mol. The van der Waals surface area contributed by atoms with Crippen LogP contribution in [0.15, 0.2) is 0 Å². The van der Waals surface area contributed by atoms with Crippen LogP contribution in [-0.4, -0.2) is 54.4 Å². The predicted octanol–water partition coefficient (Wildman–Crippen LogP) is 0.527. The number of nitrogens with one attached hydrogen (secondary N) is 1. The molecule has 1 heterocycles. The molecule has 0 unspecified atom stereocenters. The quantitative estimate of drug-likeness (QED) is 0.756. The van der Waals surface area contributed by atoms with Crippen LogP contribution in [0, 0.1) is 5.92 Å². The first kappa shape index (κ1) is 13.8. The fraction of sp³-hybridized carbons (Fsp3) is 0.818. The molecule has 1 aliphatic rings. The van der Waals surface area contributed by atoms with Gasteiger partial charge in [0.05, 0.1) is 13.2 Å². The average molecular weight is 244 g/mol. The minimum atomic E-state index is -1.16. The standard InChI is InChI=1S/C11H20N2O4/c1-8(2)7-9(12-11(15)16)10(14)13-3-5-17-6-4-13/h8-9,12H,3-7H2,1-2H3,(H,15,16)/t9-/m0/s1. The Balaban J connectivity index is 2.60. The van der Waals surface area contributed by atoms with Crippen molar-refractivity contribution >= 4 is 12.0 Å². The molecule has 17 heavy (non-hydrogen) atoms. The second kappa shape index (κ2) is 6.44. The van der Waals surface area contributed by atoms with Gasteiger partial charge in [-0.25, -0.2) is 4.79 Å². The molecule has 0 bridgehead atoms. The summed E-state index contributed by atoms with van der Waals surface area (Å²) < 4.78 is 5.16. The van der Waals surface area contributed by atoms with Crippen molar-refractivity contribution in [3.05, 3.63) is 0 Å². The summed E-state index contributed by atoms with van der Waals surface area (Å²) in [6.07, 6.45) is -0.639. The summed E-state index contributed by atoms with van der Waals surface area (Å²) in [4.78, 5) is 24.4. The van der Waals surface area contributed by atoms with Gasteiger partial charge in [-0.2, -0.15) is 0 Å².